The summed E-state index contributed by atoms with van der Waals surface area (Å²) in [5, 5.41) is 5.22. The van der Waals surface area contributed by atoms with E-state index >= 15 is 0 Å². The topological polar surface area (TPSA) is 38.7 Å². The van der Waals surface area contributed by atoms with Crippen molar-refractivity contribution in [1.82, 2.24) is 15.0 Å². The van der Waals surface area contributed by atoms with Crippen molar-refractivity contribution in [3.05, 3.63) is 188 Å². The Bertz CT molecular complexity index is 3230. The van der Waals surface area contributed by atoms with E-state index in [4.69, 9.17) is 15.0 Å². The van der Waals surface area contributed by atoms with Crippen LogP contribution in [0.4, 0.5) is 0 Å². The van der Waals surface area contributed by atoms with Crippen LogP contribution >= 0.6 is 22.7 Å². The molecule has 0 saturated carbocycles. The van der Waals surface area contributed by atoms with Crippen LogP contribution in [0.5, 0.6) is 0 Å². The minimum atomic E-state index is 0.642. The predicted octanol–water partition coefficient (Wildman–Crippen LogP) is 14.6. The molecule has 11 aromatic rings. The van der Waals surface area contributed by atoms with Crippen molar-refractivity contribution in [2.24, 2.45) is 0 Å². The lowest BCUT2D eigenvalue weighted by Crippen LogP contribution is -2.00. The Morgan fingerprint density at radius 3 is 1.16 bits per heavy atom. The molecule has 0 aliphatic carbocycles. The van der Waals surface area contributed by atoms with Crippen molar-refractivity contribution in [3.8, 4) is 67.5 Å². The van der Waals surface area contributed by atoms with E-state index in [9.17, 15) is 0 Å². The fourth-order valence-electron chi connectivity index (χ4n) is 7.67. The molecular formula is C51H31N3S2. The van der Waals surface area contributed by atoms with Crippen LogP contribution in [0.2, 0.25) is 0 Å². The first kappa shape index (κ1) is 32.6. The van der Waals surface area contributed by atoms with Crippen LogP contribution < -0.4 is 0 Å². The van der Waals surface area contributed by atoms with Gasteiger partial charge in [-0.3, -0.25) is 0 Å². The average molecular weight is 750 g/mol. The molecule has 3 aromatic heterocycles. The van der Waals surface area contributed by atoms with Crippen molar-refractivity contribution >= 4 is 63.0 Å². The van der Waals surface area contributed by atoms with Crippen LogP contribution in [-0.4, -0.2) is 15.0 Å². The monoisotopic (exact) mass is 749 g/mol. The highest BCUT2D eigenvalue weighted by Gasteiger charge is 2.15. The molecule has 0 aliphatic rings. The largest absolute Gasteiger partial charge is 0.208 e. The quantitative estimate of drug-likeness (QED) is 0.170. The summed E-state index contributed by atoms with van der Waals surface area (Å²) in [6, 6.07) is 66.9. The lowest BCUT2D eigenvalue weighted by Gasteiger charge is -2.10. The first-order valence-electron chi connectivity index (χ1n) is 18.7. The molecule has 3 heterocycles. The summed E-state index contributed by atoms with van der Waals surface area (Å²) in [6.07, 6.45) is 0. The summed E-state index contributed by atoms with van der Waals surface area (Å²) in [4.78, 5) is 15.1. The van der Waals surface area contributed by atoms with E-state index in [1.807, 2.05) is 53.0 Å². The molecule has 0 unspecified atom stereocenters. The second kappa shape index (κ2) is 13.5. The van der Waals surface area contributed by atoms with Crippen molar-refractivity contribution in [3.63, 3.8) is 0 Å². The van der Waals surface area contributed by atoms with Crippen LogP contribution in [0, 0.1) is 0 Å². The lowest BCUT2D eigenvalue weighted by molar-refractivity contribution is 1.07. The summed E-state index contributed by atoms with van der Waals surface area (Å²) in [6.45, 7) is 0. The van der Waals surface area contributed by atoms with Gasteiger partial charge in [0.15, 0.2) is 17.5 Å². The number of hydrogen-bond donors (Lipinski definition) is 0. The van der Waals surface area contributed by atoms with E-state index in [1.54, 1.807) is 0 Å². The van der Waals surface area contributed by atoms with Gasteiger partial charge in [0.25, 0.3) is 0 Å². The Morgan fingerprint density at radius 2 is 0.589 bits per heavy atom. The molecule has 0 saturated heterocycles. The van der Waals surface area contributed by atoms with Crippen molar-refractivity contribution in [1.29, 1.82) is 0 Å². The molecule has 0 bridgehead atoms. The lowest BCUT2D eigenvalue weighted by atomic mass is 9.98. The third kappa shape index (κ3) is 5.86. The molecular weight excluding hydrogens is 719 g/mol. The highest BCUT2D eigenvalue weighted by molar-refractivity contribution is 7.26. The zero-order valence-electron chi connectivity index (χ0n) is 30.1. The van der Waals surface area contributed by atoms with Crippen molar-refractivity contribution in [2.45, 2.75) is 0 Å². The van der Waals surface area contributed by atoms with E-state index in [1.165, 1.54) is 57.0 Å². The number of rotatable bonds is 6. The van der Waals surface area contributed by atoms with E-state index in [2.05, 4.69) is 158 Å². The Labute approximate surface area is 331 Å². The number of benzene rings is 8. The van der Waals surface area contributed by atoms with Crippen molar-refractivity contribution < 1.29 is 0 Å². The van der Waals surface area contributed by atoms with Crippen LogP contribution in [-0.2, 0) is 0 Å². The van der Waals surface area contributed by atoms with Gasteiger partial charge < -0.3 is 0 Å². The third-order valence-electron chi connectivity index (χ3n) is 10.6. The van der Waals surface area contributed by atoms with Crippen LogP contribution in [0.15, 0.2) is 188 Å². The molecule has 5 heteroatoms. The van der Waals surface area contributed by atoms with Crippen LogP contribution in [0.1, 0.15) is 0 Å². The second-order valence-electron chi connectivity index (χ2n) is 14.0. The summed E-state index contributed by atoms with van der Waals surface area (Å²) in [5.41, 5.74) is 9.86. The van der Waals surface area contributed by atoms with Gasteiger partial charge in [0, 0.05) is 57.0 Å². The minimum absolute atomic E-state index is 0.642. The number of fused-ring (bicyclic) bond motifs is 6. The fourth-order valence-corrected chi connectivity index (χ4v) is 9.84. The standard InChI is InChI=1S/C51H31N3S2/c1-2-9-35(10-3-1)49-52-50(54-51(53-49)40-12-8-11-37(29-40)39-26-28-48-44(31-39)42-14-5-7-16-46(42)56-48)36-23-21-33(22-24-36)32-17-19-34(20-18-32)38-25-27-47-43(30-38)41-13-4-6-15-45(41)55-47/h1-31H. The maximum atomic E-state index is 5.08. The zero-order valence-corrected chi connectivity index (χ0v) is 31.7. The Morgan fingerprint density at radius 1 is 0.232 bits per heavy atom. The average Bonchev–Trinajstić information content (AvgIpc) is 3.84. The Balaban J connectivity index is 0.921. The first-order valence-corrected chi connectivity index (χ1v) is 20.3. The molecule has 8 aromatic carbocycles. The van der Waals surface area contributed by atoms with E-state index < -0.39 is 0 Å². The fraction of sp³-hybridized carbons (Fsp3) is 0. The third-order valence-corrected chi connectivity index (χ3v) is 12.9. The highest BCUT2D eigenvalue weighted by atomic mass is 32.1. The Hall–Kier alpha value is -6.79. The van der Waals surface area contributed by atoms with Gasteiger partial charge in [-0.25, -0.2) is 15.0 Å². The van der Waals surface area contributed by atoms with Gasteiger partial charge >= 0.3 is 0 Å². The van der Waals surface area contributed by atoms with Gasteiger partial charge in [0.05, 0.1) is 0 Å². The molecule has 56 heavy (non-hydrogen) atoms. The van der Waals surface area contributed by atoms with Crippen LogP contribution in [0.25, 0.3) is 108 Å². The normalized spacial score (nSPS) is 11.6. The van der Waals surface area contributed by atoms with Gasteiger partial charge in [-0.05, 0) is 75.8 Å². The van der Waals surface area contributed by atoms with Gasteiger partial charge in [-0.1, -0.05) is 146 Å². The minimum Gasteiger partial charge on any atom is -0.208 e. The van der Waals surface area contributed by atoms with Gasteiger partial charge in [-0.15, -0.1) is 22.7 Å². The van der Waals surface area contributed by atoms with Gasteiger partial charge in [0.2, 0.25) is 0 Å². The van der Waals surface area contributed by atoms with E-state index in [0.29, 0.717) is 17.5 Å². The highest BCUT2D eigenvalue weighted by Crippen LogP contribution is 2.39. The van der Waals surface area contributed by atoms with Gasteiger partial charge in [-0.2, -0.15) is 0 Å². The Kier molecular flexibility index (Phi) is 7.87. The second-order valence-corrected chi connectivity index (χ2v) is 16.2. The molecule has 0 aliphatic heterocycles. The summed E-state index contributed by atoms with van der Waals surface area (Å²) in [5.74, 6) is 1.94. The first-order chi connectivity index (χ1) is 27.7. The van der Waals surface area contributed by atoms with E-state index in [0.717, 1.165) is 33.4 Å². The van der Waals surface area contributed by atoms with Crippen LogP contribution in [0.3, 0.4) is 0 Å². The number of thiophene rings is 2. The van der Waals surface area contributed by atoms with Crippen molar-refractivity contribution in [2.75, 3.05) is 0 Å². The smallest absolute Gasteiger partial charge is 0.164 e. The predicted molar refractivity (Wildman–Crippen MR) is 238 cm³/mol. The number of hydrogen-bond acceptors (Lipinski definition) is 5. The molecule has 0 radical (unpaired) electrons. The van der Waals surface area contributed by atoms with Gasteiger partial charge in [0.1, 0.15) is 0 Å². The molecule has 3 nitrogen and oxygen atoms in total. The number of aromatic nitrogens is 3. The molecule has 0 atom stereocenters. The summed E-state index contributed by atoms with van der Waals surface area (Å²) >= 11 is 3.69. The SMILES string of the molecule is c1ccc(-c2nc(-c3ccc(-c4ccc(-c5ccc6sc7ccccc7c6c5)cc4)cc3)nc(-c3cccc(-c4ccc5sc6ccccc6c5c4)c3)n2)cc1. The summed E-state index contributed by atoms with van der Waals surface area (Å²) < 4.78 is 5.25. The molecule has 262 valence electrons. The molecule has 0 spiro atoms. The zero-order chi connectivity index (χ0) is 37.0. The molecule has 0 amide bonds. The maximum Gasteiger partial charge on any atom is 0.164 e. The summed E-state index contributed by atoms with van der Waals surface area (Å²) in [7, 11) is 0. The molecule has 11 rings (SSSR count). The maximum absolute atomic E-state index is 5.08. The molecule has 0 N–H and O–H groups in total. The number of nitrogens with zero attached hydrogens (tertiary/aromatic N) is 3. The van der Waals surface area contributed by atoms with E-state index in [-0.39, 0.29) is 0 Å². The molecule has 0 fully saturated rings.